The Morgan fingerprint density at radius 2 is 2.20 bits per heavy atom. The average molecular weight is 383 g/mol. The van der Waals surface area contributed by atoms with Gasteiger partial charge in [-0.3, -0.25) is 9.69 Å². The number of piperidine rings is 1. The monoisotopic (exact) mass is 383 g/mol. The van der Waals surface area contributed by atoms with E-state index in [-0.39, 0.29) is 17.0 Å². The molecule has 0 aromatic carbocycles. The van der Waals surface area contributed by atoms with Crippen molar-refractivity contribution in [1.29, 1.82) is 0 Å². The molecule has 0 aromatic rings. The third-order valence-electron chi connectivity index (χ3n) is 5.27. The molecule has 0 aromatic heterocycles. The van der Waals surface area contributed by atoms with Gasteiger partial charge in [0.1, 0.15) is 11.5 Å². The number of aliphatic hydroxyl groups excluding tert-OH is 1. The molecule has 4 aliphatic rings. The van der Waals surface area contributed by atoms with Crippen molar-refractivity contribution in [2.45, 2.75) is 42.7 Å². The lowest BCUT2D eigenvalue weighted by atomic mass is 9.92. The van der Waals surface area contributed by atoms with Crippen LogP contribution in [-0.4, -0.2) is 73.3 Å². The van der Waals surface area contributed by atoms with Gasteiger partial charge in [0.05, 0.1) is 16.3 Å². The topological polar surface area (TPSA) is 84.3 Å². The summed E-state index contributed by atoms with van der Waals surface area (Å²) < 4.78 is 0.709. The summed E-state index contributed by atoms with van der Waals surface area (Å²) in [7, 11) is 2.05. The number of nitrogens with zero attached hydrogens (tertiary/aromatic N) is 3. The van der Waals surface area contributed by atoms with E-state index in [0.717, 1.165) is 19.4 Å². The van der Waals surface area contributed by atoms with Crippen molar-refractivity contribution in [2.24, 2.45) is 5.92 Å². The lowest BCUT2D eigenvalue weighted by Gasteiger charge is -2.43. The Labute approximate surface area is 154 Å². The van der Waals surface area contributed by atoms with Crippen LogP contribution in [0.1, 0.15) is 19.8 Å². The van der Waals surface area contributed by atoms with Crippen molar-refractivity contribution >= 4 is 35.4 Å². The molecule has 2 fully saturated rings. The molecule has 25 heavy (non-hydrogen) atoms. The van der Waals surface area contributed by atoms with Crippen LogP contribution in [0.3, 0.4) is 0 Å². The summed E-state index contributed by atoms with van der Waals surface area (Å²) >= 11 is 3.00. The minimum absolute atomic E-state index is 0.0993. The summed E-state index contributed by atoms with van der Waals surface area (Å²) in [6, 6.07) is 0. The van der Waals surface area contributed by atoms with E-state index in [1.54, 1.807) is 18.7 Å². The van der Waals surface area contributed by atoms with Gasteiger partial charge in [-0.1, -0.05) is 11.8 Å². The summed E-state index contributed by atoms with van der Waals surface area (Å²) in [4.78, 5) is 29.8. The number of hydrogen-bond acceptors (Lipinski definition) is 7. The first-order chi connectivity index (χ1) is 11.9. The number of carboxylic acids is 1. The normalized spacial score (nSPS) is 35.0. The highest BCUT2D eigenvalue weighted by molar-refractivity contribution is 8.23. The van der Waals surface area contributed by atoms with Gasteiger partial charge in [0.25, 0.3) is 0 Å². The van der Waals surface area contributed by atoms with Crippen molar-refractivity contribution in [2.75, 3.05) is 13.6 Å². The Kier molecular flexibility index (Phi) is 4.20. The molecule has 136 valence electrons. The van der Waals surface area contributed by atoms with Crippen LogP contribution < -0.4 is 0 Å². The van der Waals surface area contributed by atoms with Crippen LogP contribution in [-0.2, 0) is 9.59 Å². The number of aliphatic carboxylic acids is 1. The first-order valence-electron chi connectivity index (χ1n) is 8.36. The van der Waals surface area contributed by atoms with Gasteiger partial charge < -0.3 is 20.0 Å². The van der Waals surface area contributed by atoms with Crippen LogP contribution in [0.25, 0.3) is 0 Å². The molecule has 2 N–H and O–H groups in total. The summed E-state index contributed by atoms with van der Waals surface area (Å²) in [5.74, 6) is -1.86. The van der Waals surface area contributed by atoms with E-state index in [9.17, 15) is 19.8 Å². The third-order valence-corrected chi connectivity index (χ3v) is 8.17. The zero-order valence-electron chi connectivity index (χ0n) is 14.0. The molecule has 5 atom stereocenters. The molecule has 0 aliphatic carbocycles. The highest BCUT2D eigenvalue weighted by atomic mass is 32.2. The maximum atomic E-state index is 12.3. The number of β-lactam (4-membered cyclic amide) rings is 1. The van der Waals surface area contributed by atoms with Crippen LogP contribution >= 0.6 is 23.5 Å². The number of carbonyl (C=O) groups is 2. The molecule has 4 aliphatic heterocycles. The largest absolute Gasteiger partial charge is 0.477 e. The van der Waals surface area contributed by atoms with E-state index in [2.05, 4.69) is 29.2 Å². The molecule has 2 unspecified atom stereocenters. The first kappa shape index (κ1) is 17.1. The smallest absolute Gasteiger partial charge is 0.354 e. The van der Waals surface area contributed by atoms with Gasteiger partial charge in [0.2, 0.25) is 5.91 Å². The van der Waals surface area contributed by atoms with Gasteiger partial charge in [0, 0.05) is 31.2 Å². The van der Waals surface area contributed by atoms with E-state index in [0.29, 0.717) is 15.7 Å². The fourth-order valence-corrected chi connectivity index (χ4v) is 7.23. The predicted octanol–water partition coefficient (Wildman–Crippen LogP) is 1.09. The third kappa shape index (κ3) is 2.63. The Bertz CT molecular complexity index is 680. The van der Waals surface area contributed by atoms with Crippen molar-refractivity contribution in [1.82, 2.24) is 14.7 Å². The van der Waals surface area contributed by atoms with Gasteiger partial charge in [0.15, 0.2) is 5.70 Å². The summed E-state index contributed by atoms with van der Waals surface area (Å²) in [6.07, 6.45) is 5.67. The number of amides is 1. The van der Waals surface area contributed by atoms with E-state index in [1.807, 2.05) is 0 Å². The zero-order chi connectivity index (χ0) is 17.9. The van der Waals surface area contributed by atoms with Crippen molar-refractivity contribution in [3.63, 3.8) is 0 Å². The van der Waals surface area contributed by atoms with Gasteiger partial charge in [-0.2, -0.15) is 0 Å². The van der Waals surface area contributed by atoms with E-state index >= 15 is 0 Å². The summed E-state index contributed by atoms with van der Waals surface area (Å²) in [5, 5.41) is 19.4. The number of hydrogen-bond donors (Lipinski definition) is 2. The fraction of sp³-hybridized carbons (Fsp3) is 0.625. The van der Waals surface area contributed by atoms with Crippen molar-refractivity contribution in [3.05, 3.63) is 22.3 Å². The second kappa shape index (κ2) is 6.14. The number of aliphatic hydroxyl groups is 1. The second-order valence-corrected chi connectivity index (χ2v) is 9.57. The van der Waals surface area contributed by atoms with E-state index in [4.69, 9.17) is 0 Å². The van der Waals surface area contributed by atoms with Crippen LogP contribution in [0.2, 0.25) is 0 Å². The predicted molar refractivity (Wildman–Crippen MR) is 96.1 cm³/mol. The van der Waals surface area contributed by atoms with Crippen LogP contribution in [0.4, 0.5) is 0 Å². The van der Waals surface area contributed by atoms with Gasteiger partial charge >= 0.3 is 5.97 Å². The number of carbonyl (C=O) groups excluding carboxylic acids is 1. The lowest BCUT2D eigenvalue weighted by molar-refractivity contribution is -0.156. The molecule has 7 nitrogen and oxygen atoms in total. The Hall–Kier alpha value is -1.32. The maximum Gasteiger partial charge on any atom is 0.354 e. The minimum Gasteiger partial charge on any atom is -0.477 e. The highest BCUT2D eigenvalue weighted by Crippen LogP contribution is 2.55. The zero-order valence-corrected chi connectivity index (χ0v) is 15.7. The maximum absolute atomic E-state index is 12.3. The van der Waals surface area contributed by atoms with Gasteiger partial charge in [-0.05, 0) is 19.8 Å². The van der Waals surface area contributed by atoms with Crippen molar-refractivity contribution in [3.8, 4) is 0 Å². The molecule has 0 saturated carbocycles. The van der Waals surface area contributed by atoms with E-state index in [1.165, 1.54) is 16.7 Å². The average Bonchev–Trinajstić information content (AvgIpc) is 3.06. The number of fused-ring (bicyclic) bond motifs is 2. The molecule has 0 bridgehead atoms. The molecule has 4 rings (SSSR count). The lowest BCUT2D eigenvalue weighted by Crippen LogP contribution is -2.60. The van der Waals surface area contributed by atoms with Crippen LogP contribution in [0.15, 0.2) is 22.3 Å². The molecular formula is C16H21N3O4S2. The Balaban J connectivity index is 1.50. The molecular weight excluding hydrogens is 362 g/mol. The number of thioether (sulfide) groups is 2. The highest BCUT2D eigenvalue weighted by Gasteiger charge is 2.58. The van der Waals surface area contributed by atoms with Gasteiger partial charge in [-0.15, -0.1) is 11.8 Å². The second-order valence-electron chi connectivity index (χ2n) is 6.87. The van der Waals surface area contributed by atoms with Crippen LogP contribution in [0, 0.1) is 5.92 Å². The Morgan fingerprint density at radius 1 is 1.44 bits per heavy atom. The summed E-state index contributed by atoms with van der Waals surface area (Å²) in [6.45, 7) is 2.54. The standard InChI is InChI=1S/C16H21N3O4S2/c1-8(20)11-13(21)19-12(15(22)23)16(25-14(11)19)24-9-3-4-18-6-5-17(2)10(18)7-9/h5-6,8-11,14,20H,3-4,7H2,1-2H3,(H,22,23)/t8-,9?,10?,11+,14-/m1/s1. The van der Waals surface area contributed by atoms with E-state index < -0.39 is 18.0 Å². The van der Waals surface area contributed by atoms with Crippen LogP contribution in [0.5, 0.6) is 0 Å². The fourth-order valence-electron chi connectivity index (χ4n) is 3.89. The molecule has 0 radical (unpaired) electrons. The summed E-state index contributed by atoms with van der Waals surface area (Å²) in [5.41, 5.74) is 0.0993. The number of carboxylic acid groups (broad SMARTS) is 1. The molecule has 4 heterocycles. The first-order valence-corrected chi connectivity index (χ1v) is 10.1. The van der Waals surface area contributed by atoms with Gasteiger partial charge in [-0.25, -0.2) is 4.79 Å². The Morgan fingerprint density at radius 3 is 2.88 bits per heavy atom. The molecule has 9 heteroatoms. The SMILES string of the molecule is C[C@@H](O)[C@H]1C(=O)N2C(C(=O)O)=C(SC3CCN4C=CN(C)C4C3)S[C@H]12. The number of rotatable bonds is 4. The quantitative estimate of drug-likeness (QED) is 0.698. The molecule has 1 amide bonds. The minimum atomic E-state index is -1.06. The van der Waals surface area contributed by atoms with Crippen molar-refractivity contribution < 1.29 is 19.8 Å². The molecule has 2 saturated heterocycles. The molecule has 0 spiro atoms.